The molecule has 5 heteroatoms. The minimum absolute atomic E-state index is 0.122. The fourth-order valence-electron chi connectivity index (χ4n) is 1.62. The molecule has 0 aromatic carbocycles. The molecule has 0 atom stereocenters. The Morgan fingerprint density at radius 2 is 1.78 bits per heavy atom. The predicted octanol–water partition coefficient (Wildman–Crippen LogP) is 1.66. The summed E-state index contributed by atoms with van der Waals surface area (Å²) in [6, 6.07) is 0. The average Bonchev–Trinajstić information content (AvgIpc) is 2.36. The molecular formula is C13H27NO4. The normalized spacial score (nSPS) is 11.2. The van der Waals surface area contributed by atoms with Crippen LogP contribution in [-0.4, -0.2) is 57.6 Å². The summed E-state index contributed by atoms with van der Waals surface area (Å²) in [5.74, 6) is -0.148. The number of nitrogens with zero attached hydrogens (tertiary/aromatic N) is 1. The van der Waals surface area contributed by atoms with E-state index in [1.54, 1.807) is 0 Å². The fraction of sp³-hybridized carbons (Fsp3) is 0.923. The standard InChI is InChI=1S/C13H27NO4/c1-5-17-13(18-6-2)9-11-14(3)10-7-8-12(15)16-4/h13H,5-11H2,1-4H3. The summed E-state index contributed by atoms with van der Waals surface area (Å²) in [6.07, 6.45) is 2.01. The molecule has 18 heavy (non-hydrogen) atoms. The van der Waals surface area contributed by atoms with Crippen LogP contribution >= 0.6 is 0 Å². The number of carbonyl (C=O) groups excluding carboxylic acids is 1. The zero-order valence-electron chi connectivity index (χ0n) is 12.1. The van der Waals surface area contributed by atoms with Gasteiger partial charge in [-0.2, -0.15) is 0 Å². The third-order valence-electron chi connectivity index (χ3n) is 2.60. The van der Waals surface area contributed by atoms with Gasteiger partial charge in [-0.25, -0.2) is 0 Å². The molecule has 0 aromatic heterocycles. The summed E-state index contributed by atoms with van der Waals surface area (Å²) in [7, 11) is 3.45. The topological polar surface area (TPSA) is 48.0 Å². The molecule has 0 saturated carbocycles. The van der Waals surface area contributed by atoms with E-state index in [0.29, 0.717) is 19.6 Å². The summed E-state index contributed by atoms with van der Waals surface area (Å²) >= 11 is 0. The Labute approximate surface area is 110 Å². The van der Waals surface area contributed by atoms with Crippen LogP contribution in [0.15, 0.2) is 0 Å². The molecule has 0 aliphatic heterocycles. The van der Waals surface area contributed by atoms with E-state index in [-0.39, 0.29) is 12.3 Å². The summed E-state index contributed by atoms with van der Waals surface area (Å²) in [5, 5.41) is 0. The summed E-state index contributed by atoms with van der Waals surface area (Å²) in [6.45, 7) is 7.03. The van der Waals surface area contributed by atoms with Crippen molar-refractivity contribution in [2.75, 3.05) is 40.5 Å². The molecule has 0 amide bonds. The predicted molar refractivity (Wildman–Crippen MR) is 70.4 cm³/mol. The number of esters is 1. The van der Waals surface area contributed by atoms with Gasteiger partial charge in [-0.3, -0.25) is 4.79 Å². The molecule has 0 rings (SSSR count). The van der Waals surface area contributed by atoms with E-state index < -0.39 is 0 Å². The monoisotopic (exact) mass is 261 g/mol. The molecule has 0 unspecified atom stereocenters. The lowest BCUT2D eigenvalue weighted by Gasteiger charge is -2.21. The maximum atomic E-state index is 10.9. The molecule has 0 aliphatic carbocycles. The Morgan fingerprint density at radius 1 is 1.17 bits per heavy atom. The van der Waals surface area contributed by atoms with E-state index in [4.69, 9.17) is 9.47 Å². The molecule has 108 valence electrons. The van der Waals surface area contributed by atoms with Crippen LogP contribution in [0.4, 0.5) is 0 Å². The molecule has 0 aliphatic rings. The second kappa shape index (κ2) is 11.4. The second-order valence-electron chi connectivity index (χ2n) is 4.11. The van der Waals surface area contributed by atoms with Crippen LogP contribution in [0.2, 0.25) is 0 Å². The van der Waals surface area contributed by atoms with Crippen LogP contribution in [0.1, 0.15) is 33.1 Å². The number of ether oxygens (including phenoxy) is 3. The van der Waals surface area contributed by atoms with Gasteiger partial charge in [0.05, 0.1) is 7.11 Å². The SMILES string of the molecule is CCOC(CCN(C)CCCC(=O)OC)OCC. The molecule has 0 N–H and O–H groups in total. The van der Waals surface area contributed by atoms with E-state index in [1.807, 2.05) is 20.9 Å². The highest BCUT2D eigenvalue weighted by atomic mass is 16.7. The Bertz CT molecular complexity index is 205. The first-order chi connectivity index (χ1) is 8.63. The van der Waals surface area contributed by atoms with Gasteiger partial charge in [-0.05, 0) is 33.9 Å². The quantitative estimate of drug-likeness (QED) is 0.418. The van der Waals surface area contributed by atoms with Gasteiger partial charge in [0, 0.05) is 32.6 Å². The van der Waals surface area contributed by atoms with Gasteiger partial charge in [-0.1, -0.05) is 0 Å². The first kappa shape index (κ1) is 17.4. The molecule has 5 nitrogen and oxygen atoms in total. The highest BCUT2D eigenvalue weighted by Crippen LogP contribution is 2.03. The molecule has 0 saturated heterocycles. The van der Waals surface area contributed by atoms with Crippen LogP contribution in [0, 0.1) is 0 Å². The number of methoxy groups -OCH3 is 1. The van der Waals surface area contributed by atoms with Crippen LogP contribution < -0.4 is 0 Å². The molecule has 0 aromatic rings. The average molecular weight is 261 g/mol. The lowest BCUT2D eigenvalue weighted by Crippen LogP contribution is -2.27. The molecule has 0 heterocycles. The van der Waals surface area contributed by atoms with Crippen molar-refractivity contribution in [3.63, 3.8) is 0 Å². The summed E-state index contributed by atoms with van der Waals surface area (Å²) in [5.41, 5.74) is 0. The van der Waals surface area contributed by atoms with Gasteiger partial charge in [0.1, 0.15) is 0 Å². The first-order valence-corrected chi connectivity index (χ1v) is 6.62. The zero-order valence-corrected chi connectivity index (χ0v) is 12.1. The van der Waals surface area contributed by atoms with Crippen molar-refractivity contribution in [3.8, 4) is 0 Å². The van der Waals surface area contributed by atoms with Crippen LogP contribution in [-0.2, 0) is 19.0 Å². The number of hydrogen-bond acceptors (Lipinski definition) is 5. The van der Waals surface area contributed by atoms with Crippen molar-refractivity contribution in [2.24, 2.45) is 0 Å². The Morgan fingerprint density at radius 3 is 2.28 bits per heavy atom. The smallest absolute Gasteiger partial charge is 0.305 e. The van der Waals surface area contributed by atoms with Gasteiger partial charge in [-0.15, -0.1) is 0 Å². The second-order valence-corrected chi connectivity index (χ2v) is 4.11. The number of carbonyl (C=O) groups is 1. The maximum absolute atomic E-state index is 10.9. The Kier molecular flexibility index (Phi) is 11.0. The van der Waals surface area contributed by atoms with Crippen molar-refractivity contribution >= 4 is 5.97 Å². The Balaban J connectivity index is 3.66. The van der Waals surface area contributed by atoms with Crippen molar-refractivity contribution in [2.45, 2.75) is 39.4 Å². The fourth-order valence-corrected chi connectivity index (χ4v) is 1.62. The van der Waals surface area contributed by atoms with Gasteiger partial charge in [0.25, 0.3) is 0 Å². The van der Waals surface area contributed by atoms with Gasteiger partial charge >= 0.3 is 5.97 Å². The minimum atomic E-state index is -0.148. The molecule has 0 bridgehead atoms. The van der Waals surface area contributed by atoms with Crippen LogP contribution in [0.25, 0.3) is 0 Å². The van der Waals surface area contributed by atoms with Crippen molar-refractivity contribution < 1.29 is 19.0 Å². The minimum Gasteiger partial charge on any atom is -0.469 e. The van der Waals surface area contributed by atoms with Crippen LogP contribution in [0.5, 0.6) is 0 Å². The molecule has 0 fully saturated rings. The molecule has 0 spiro atoms. The van der Waals surface area contributed by atoms with E-state index in [9.17, 15) is 4.79 Å². The number of hydrogen-bond donors (Lipinski definition) is 0. The van der Waals surface area contributed by atoms with Crippen molar-refractivity contribution in [3.05, 3.63) is 0 Å². The third-order valence-corrected chi connectivity index (χ3v) is 2.60. The maximum Gasteiger partial charge on any atom is 0.305 e. The van der Waals surface area contributed by atoms with E-state index in [1.165, 1.54) is 7.11 Å². The van der Waals surface area contributed by atoms with E-state index >= 15 is 0 Å². The lowest BCUT2D eigenvalue weighted by atomic mass is 10.3. The summed E-state index contributed by atoms with van der Waals surface area (Å²) in [4.78, 5) is 13.1. The zero-order chi connectivity index (χ0) is 13.8. The van der Waals surface area contributed by atoms with Crippen molar-refractivity contribution in [1.29, 1.82) is 0 Å². The molecular weight excluding hydrogens is 234 g/mol. The van der Waals surface area contributed by atoms with E-state index in [2.05, 4.69) is 9.64 Å². The highest BCUT2D eigenvalue weighted by molar-refractivity contribution is 5.69. The van der Waals surface area contributed by atoms with Crippen molar-refractivity contribution in [1.82, 2.24) is 4.90 Å². The third kappa shape index (κ3) is 9.39. The number of rotatable bonds is 11. The van der Waals surface area contributed by atoms with E-state index in [0.717, 1.165) is 25.9 Å². The lowest BCUT2D eigenvalue weighted by molar-refractivity contribution is -0.142. The largest absolute Gasteiger partial charge is 0.469 e. The van der Waals surface area contributed by atoms with Gasteiger partial charge < -0.3 is 19.1 Å². The highest BCUT2D eigenvalue weighted by Gasteiger charge is 2.09. The van der Waals surface area contributed by atoms with Crippen LogP contribution in [0.3, 0.4) is 0 Å². The van der Waals surface area contributed by atoms with Gasteiger partial charge in [0.2, 0.25) is 0 Å². The van der Waals surface area contributed by atoms with Gasteiger partial charge in [0.15, 0.2) is 6.29 Å². The molecule has 0 radical (unpaired) electrons. The Hall–Kier alpha value is -0.650. The first-order valence-electron chi connectivity index (χ1n) is 6.62. The summed E-state index contributed by atoms with van der Waals surface area (Å²) < 4.78 is 15.5.